The highest BCUT2D eigenvalue weighted by molar-refractivity contribution is 9.10. The molecule has 5 nitrogen and oxygen atoms in total. The van der Waals surface area contributed by atoms with Crippen molar-refractivity contribution in [2.75, 3.05) is 22.4 Å². The summed E-state index contributed by atoms with van der Waals surface area (Å²) in [4.78, 5) is 12.4. The molecular weight excluding hydrogens is 416 g/mol. The molecule has 1 N–H and O–H groups in total. The number of carbonyl (C=O) groups is 1. The minimum absolute atomic E-state index is 0.283. The monoisotopic (exact) mass is 438 g/mol. The van der Waals surface area contributed by atoms with Crippen molar-refractivity contribution < 1.29 is 13.2 Å². The number of anilines is 2. The fraction of sp³-hybridized carbons (Fsp3) is 0.316. The summed E-state index contributed by atoms with van der Waals surface area (Å²) in [5.41, 5.74) is 3.18. The van der Waals surface area contributed by atoms with Gasteiger partial charge in [0.2, 0.25) is 15.9 Å². The summed E-state index contributed by atoms with van der Waals surface area (Å²) in [6, 6.07) is 12.6. The van der Waals surface area contributed by atoms with Gasteiger partial charge < -0.3 is 5.32 Å². The predicted molar refractivity (Wildman–Crippen MR) is 110 cm³/mol. The third kappa shape index (κ3) is 5.32. The summed E-state index contributed by atoms with van der Waals surface area (Å²) in [5.74, 6) is -0.0511. The average molecular weight is 439 g/mol. The smallest absolute Gasteiger partial charge is 0.245 e. The van der Waals surface area contributed by atoms with E-state index in [4.69, 9.17) is 0 Å². The molecule has 0 radical (unpaired) electrons. The number of amides is 1. The predicted octanol–water partition coefficient (Wildman–Crippen LogP) is 4.29. The third-order valence-corrected chi connectivity index (χ3v) is 6.01. The molecule has 2 aromatic carbocycles. The van der Waals surface area contributed by atoms with E-state index in [-0.39, 0.29) is 6.54 Å². The van der Waals surface area contributed by atoms with Gasteiger partial charge >= 0.3 is 0 Å². The summed E-state index contributed by atoms with van der Waals surface area (Å²) < 4.78 is 26.4. The molecule has 1 amide bonds. The Morgan fingerprint density at radius 1 is 1.15 bits per heavy atom. The Kier molecular flexibility index (Phi) is 6.47. The van der Waals surface area contributed by atoms with Gasteiger partial charge in [0, 0.05) is 10.2 Å². The van der Waals surface area contributed by atoms with E-state index < -0.39 is 15.9 Å². The second-order valence-corrected chi connectivity index (χ2v) is 9.29. The molecule has 0 heterocycles. The van der Waals surface area contributed by atoms with Gasteiger partial charge in [-0.25, -0.2) is 8.42 Å². The van der Waals surface area contributed by atoms with Crippen LogP contribution >= 0.6 is 15.9 Å². The van der Waals surface area contributed by atoms with E-state index in [1.807, 2.05) is 31.2 Å². The number of nitrogens with zero attached hydrogens (tertiary/aromatic N) is 1. The molecule has 0 atom stereocenters. The molecule has 0 aliphatic rings. The molecule has 0 unspecified atom stereocenters. The van der Waals surface area contributed by atoms with Crippen LogP contribution in [0.5, 0.6) is 0 Å². The largest absolute Gasteiger partial charge is 0.325 e. The van der Waals surface area contributed by atoms with Crippen LogP contribution in [0.25, 0.3) is 0 Å². The number of sulfonamides is 1. The van der Waals surface area contributed by atoms with E-state index in [2.05, 4.69) is 35.1 Å². The minimum atomic E-state index is -3.59. The molecule has 0 aliphatic heterocycles. The van der Waals surface area contributed by atoms with Crippen LogP contribution in [0.15, 0.2) is 46.9 Å². The van der Waals surface area contributed by atoms with Crippen LogP contribution in [0, 0.1) is 6.92 Å². The van der Waals surface area contributed by atoms with E-state index in [1.165, 1.54) is 0 Å². The van der Waals surface area contributed by atoms with Gasteiger partial charge in [0.25, 0.3) is 0 Å². The van der Waals surface area contributed by atoms with Crippen LogP contribution in [-0.4, -0.2) is 27.1 Å². The van der Waals surface area contributed by atoms with Crippen LogP contribution < -0.4 is 9.62 Å². The van der Waals surface area contributed by atoms with Gasteiger partial charge in [-0.2, -0.15) is 0 Å². The lowest BCUT2D eigenvalue weighted by atomic mass is 10.0. The lowest BCUT2D eigenvalue weighted by Crippen LogP contribution is -2.37. The normalized spacial score (nSPS) is 11.5. The summed E-state index contributed by atoms with van der Waals surface area (Å²) >= 11 is 3.41. The number of benzene rings is 2. The van der Waals surface area contributed by atoms with E-state index in [1.54, 1.807) is 18.2 Å². The Morgan fingerprint density at radius 2 is 1.77 bits per heavy atom. The quantitative estimate of drug-likeness (QED) is 0.731. The molecule has 7 heteroatoms. The van der Waals surface area contributed by atoms with Crippen LogP contribution in [0.3, 0.4) is 0 Å². The lowest BCUT2D eigenvalue weighted by Gasteiger charge is -2.22. The SMILES string of the molecule is Cc1cc(NC(=O)CN(c2ccc(C(C)C)cc2)S(C)(=O)=O)ccc1Br. The Morgan fingerprint density at radius 3 is 2.27 bits per heavy atom. The highest BCUT2D eigenvalue weighted by atomic mass is 79.9. The summed E-state index contributed by atoms with van der Waals surface area (Å²) in [7, 11) is -3.59. The van der Waals surface area contributed by atoms with Gasteiger partial charge in [0.15, 0.2) is 0 Å². The zero-order valence-electron chi connectivity index (χ0n) is 15.3. The molecule has 0 aromatic heterocycles. The number of hydrogen-bond donors (Lipinski definition) is 1. The second kappa shape index (κ2) is 8.22. The van der Waals surface area contributed by atoms with Gasteiger partial charge in [0.05, 0.1) is 11.9 Å². The molecule has 0 spiro atoms. The average Bonchev–Trinajstić information content (AvgIpc) is 2.55. The molecule has 0 fully saturated rings. The molecule has 0 bridgehead atoms. The number of carbonyl (C=O) groups excluding carboxylic acids is 1. The van der Waals surface area contributed by atoms with Crippen molar-refractivity contribution in [1.82, 2.24) is 0 Å². The standard InChI is InChI=1S/C19H23BrN2O3S/c1-13(2)15-5-8-17(9-6-15)22(26(4,24)25)12-19(23)21-16-7-10-18(20)14(3)11-16/h5-11,13H,12H2,1-4H3,(H,21,23). The minimum Gasteiger partial charge on any atom is -0.325 e. The molecule has 2 aromatic rings. The van der Waals surface area contributed by atoms with Gasteiger partial charge in [0.1, 0.15) is 6.54 Å². The first-order valence-electron chi connectivity index (χ1n) is 8.21. The number of nitrogens with one attached hydrogen (secondary N) is 1. The molecule has 0 saturated heterocycles. The number of hydrogen-bond acceptors (Lipinski definition) is 3. The first-order valence-corrected chi connectivity index (χ1v) is 10.9. The van der Waals surface area contributed by atoms with E-state index in [9.17, 15) is 13.2 Å². The first kappa shape index (κ1) is 20.5. The molecule has 2 rings (SSSR count). The maximum absolute atomic E-state index is 12.4. The maximum Gasteiger partial charge on any atom is 0.245 e. The van der Waals surface area contributed by atoms with Crippen LogP contribution in [0.4, 0.5) is 11.4 Å². The molecule has 0 aliphatic carbocycles. The highest BCUT2D eigenvalue weighted by Crippen LogP contribution is 2.23. The lowest BCUT2D eigenvalue weighted by molar-refractivity contribution is -0.114. The molecular formula is C19H23BrN2O3S. The van der Waals surface area contributed by atoms with E-state index >= 15 is 0 Å². The molecule has 140 valence electrons. The zero-order chi connectivity index (χ0) is 19.5. The van der Waals surface area contributed by atoms with Gasteiger partial charge in [-0.1, -0.05) is 41.9 Å². The maximum atomic E-state index is 12.4. The Balaban J connectivity index is 2.19. The van der Waals surface area contributed by atoms with Crippen molar-refractivity contribution in [2.24, 2.45) is 0 Å². The zero-order valence-corrected chi connectivity index (χ0v) is 17.7. The fourth-order valence-electron chi connectivity index (χ4n) is 2.48. The van der Waals surface area contributed by atoms with E-state index in [0.29, 0.717) is 17.3 Å². The summed E-state index contributed by atoms with van der Waals surface area (Å²) in [6.45, 7) is 5.77. The third-order valence-electron chi connectivity index (χ3n) is 3.98. The number of halogens is 1. The Labute approximate surface area is 163 Å². The van der Waals surface area contributed by atoms with Gasteiger partial charge in [-0.15, -0.1) is 0 Å². The Hall–Kier alpha value is -1.86. The first-order chi connectivity index (χ1) is 12.1. The van der Waals surface area contributed by atoms with Gasteiger partial charge in [-0.3, -0.25) is 9.10 Å². The molecule has 0 saturated carbocycles. The summed E-state index contributed by atoms with van der Waals surface area (Å²) in [6.07, 6.45) is 1.10. The topological polar surface area (TPSA) is 66.5 Å². The van der Waals surface area contributed by atoms with Crippen LogP contribution in [-0.2, 0) is 14.8 Å². The van der Waals surface area contributed by atoms with Crippen LogP contribution in [0.1, 0.15) is 30.9 Å². The Bertz CT molecular complexity index is 894. The van der Waals surface area contributed by atoms with Crippen molar-refractivity contribution in [3.8, 4) is 0 Å². The van der Waals surface area contributed by atoms with Crippen LogP contribution in [0.2, 0.25) is 0 Å². The van der Waals surface area contributed by atoms with Crippen molar-refractivity contribution in [2.45, 2.75) is 26.7 Å². The highest BCUT2D eigenvalue weighted by Gasteiger charge is 2.21. The number of rotatable bonds is 6. The number of aryl methyl sites for hydroxylation is 1. The van der Waals surface area contributed by atoms with Crippen molar-refractivity contribution >= 4 is 43.2 Å². The second-order valence-electron chi connectivity index (χ2n) is 6.53. The molecule has 26 heavy (non-hydrogen) atoms. The van der Waals surface area contributed by atoms with Crippen molar-refractivity contribution in [3.63, 3.8) is 0 Å². The van der Waals surface area contributed by atoms with E-state index in [0.717, 1.165) is 26.2 Å². The summed E-state index contributed by atoms with van der Waals surface area (Å²) in [5, 5.41) is 2.75. The van der Waals surface area contributed by atoms with Crippen molar-refractivity contribution in [1.29, 1.82) is 0 Å². The van der Waals surface area contributed by atoms with Crippen molar-refractivity contribution in [3.05, 3.63) is 58.1 Å². The van der Waals surface area contributed by atoms with Gasteiger partial charge in [-0.05, 0) is 54.3 Å². The fourth-order valence-corrected chi connectivity index (χ4v) is 3.58.